The third kappa shape index (κ3) is 4.42. The second-order valence-electron chi connectivity index (χ2n) is 7.16. The highest BCUT2D eigenvalue weighted by molar-refractivity contribution is 7.15. The summed E-state index contributed by atoms with van der Waals surface area (Å²) in [5.41, 5.74) is 1.94. The number of aromatic nitrogens is 3. The maximum absolute atomic E-state index is 13.1. The molecular formula is C21H21N5O2S2. The first-order chi connectivity index (χ1) is 14.5. The van der Waals surface area contributed by atoms with Gasteiger partial charge >= 0.3 is 0 Å². The fraction of sp³-hybridized carbons (Fsp3) is 0.238. The van der Waals surface area contributed by atoms with E-state index in [4.69, 9.17) is 0 Å². The van der Waals surface area contributed by atoms with Gasteiger partial charge in [0.25, 0.3) is 5.91 Å². The van der Waals surface area contributed by atoms with E-state index < -0.39 is 6.04 Å². The van der Waals surface area contributed by atoms with Crippen molar-refractivity contribution in [1.29, 1.82) is 0 Å². The zero-order chi connectivity index (χ0) is 21.1. The summed E-state index contributed by atoms with van der Waals surface area (Å²) in [4.78, 5) is 29.5. The maximum Gasteiger partial charge on any atom is 0.262 e. The Morgan fingerprint density at radius 1 is 1.13 bits per heavy atom. The van der Waals surface area contributed by atoms with E-state index in [2.05, 4.69) is 25.8 Å². The van der Waals surface area contributed by atoms with E-state index in [1.54, 1.807) is 6.07 Å². The Kier molecular flexibility index (Phi) is 5.91. The van der Waals surface area contributed by atoms with Crippen LogP contribution in [0.25, 0.3) is 10.9 Å². The van der Waals surface area contributed by atoms with Crippen molar-refractivity contribution < 1.29 is 9.59 Å². The molecule has 0 saturated carbocycles. The van der Waals surface area contributed by atoms with Crippen LogP contribution >= 0.6 is 22.7 Å². The minimum Gasteiger partial charge on any atom is -0.361 e. The van der Waals surface area contributed by atoms with Gasteiger partial charge in [0.1, 0.15) is 11.0 Å². The molecule has 0 saturated heterocycles. The van der Waals surface area contributed by atoms with Crippen LogP contribution in [0.4, 0.5) is 5.13 Å². The molecule has 154 valence electrons. The van der Waals surface area contributed by atoms with Crippen molar-refractivity contribution in [3.05, 3.63) is 63.4 Å². The highest BCUT2D eigenvalue weighted by Crippen LogP contribution is 2.23. The number of nitrogens with zero attached hydrogens (tertiary/aromatic N) is 2. The van der Waals surface area contributed by atoms with Crippen molar-refractivity contribution in [3.63, 3.8) is 0 Å². The number of para-hydroxylation sites is 1. The summed E-state index contributed by atoms with van der Waals surface area (Å²) in [7, 11) is 0. The molecule has 3 heterocycles. The van der Waals surface area contributed by atoms with E-state index in [9.17, 15) is 9.59 Å². The van der Waals surface area contributed by atoms with Crippen LogP contribution in [-0.2, 0) is 11.2 Å². The molecule has 0 bridgehead atoms. The number of rotatable bonds is 7. The average molecular weight is 440 g/mol. The fourth-order valence-corrected chi connectivity index (χ4v) is 4.45. The van der Waals surface area contributed by atoms with Crippen molar-refractivity contribution in [3.8, 4) is 0 Å². The third-order valence-corrected chi connectivity index (χ3v) is 6.64. The molecule has 30 heavy (non-hydrogen) atoms. The summed E-state index contributed by atoms with van der Waals surface area (Å²) < 4.78 is 0. The van der Waals surface area contributed by atoms with Gasteiger partial charge in [0.15, 0.2) is 0 Å². The predicted octanol–water partition coefficient (Wildman–Crippen LogP) is 4.18. The van der Waals surface area contributed by atoms with Crippen LogP contribution in [-0.4, -0.2) is 33.0 Å². The Labute approximate surface area is 181 Å². The van der Waals surface area contributed by atoms with Gasteiger partial charge in [-0.1, -0.05) is 49.4 Å². The number of carbonyl (C=O) groups is 2. The lowest BCUT2D eigenvalue weighted by Crippen LogP contribution is -2.45. The molecular weight excluding hydrogens is 418 g/mol. The summed E-state index contributed by atoms with van der Waals surface area (Å²) in [5, 5.41) is 18.0. The van der Waals surface area contributed by atoms with Gasteiger partial charge in [0.2, 0.25) is 11.0 Å². The van der Waals surface area contributed by atoms with Gasteiger partial charge in [-0.25, -0.2) is 0 Å². The molecule has 0 aliphatic carbocycles. The molecule has 0 fully saturated rings. The molecule has 7 nitrogen and oxygen atoms in total. The number of thiophene rings is 1. The number of hydrogen-bond donors (Lipinski definition) is 3. The van der Waals surface area contributed by atoms with Crippen LogP contribution in [0.3, 0.4) is 0 Å². The molecule has 0 aliphatic rings. The second-order valence-corrected chi connectivity index (χ2v) is 9.11. The van der Waals surface area contributed by atoms with Gasteiger partial charge in [0, 0.05) is 29.4 Å². The topological polar surface area (TPSA) is 99.8 Å². The van der Waals surface area contributed by atoms with Crippen LogP contribution < -0.4 is 10.6 Å². The van der Waals surface area contributed by atoms with Crippen LogP contribution in [0.5, 0.6) is 0 Å². The van der Waals surface area contributed by atoms with Crippen LogP contribution in [0, 0.1) is 0 Å². The summed E-state index contributed by atoms with van der Waals surface area (Å²) in [6.45, 7) is 4.04. The number of anilines is 1. The van der Waals surface area contributed by atoms with Gasteiger partial charge in [-0.05, 0) is 23.1 Å². The normalized spacial score (nSPS) is 12.2. The van der Waals surface area contributed by atoms with Crippen LogP contribution in [0.2, 0.25) is 0 Å². The Morgan fingerprint density at radius 3 is 2.70 bits per heavy atom. The number of hydrogen-bond acceptors (Lipinski definition) is 6. The van der Waals surface area contributed by atoms with Crippen molar-refractivity contribution in [2.24, 2.45) is 0 Å². The molecule has 0 radical (unpaired) electrons. The van der Waals surface area contributed by atoms with Gasteiger partial charge in [-0.15, -0.1) is 21.5 Å². The molecule has 0 aliphatic heterocycles. The molecule has 1 atom stereocenters. The summed E-state index contributed by atoms with van der Waals surface area (Å²) in [6.07, 6.45) is 2.23. The Bertz CT molecular complexity index is 1160. The van der Waals surface area contributed by atoms with E-state index in [1.165, 1.54) is 22.7 Å². The van der Waals surface area contributed by atoms with E-state index in [0.29, 0.717) is 16.4 Å². The number of benzene rings is 1. The highest BCUT2D eigenvalue weighted by atomic mass is 32.1. The molecule has 1 unspecified atom stereocenters. The molecule has 4 rings (SSSR count). The van der Waals surface area contributed by atoms with Gasteiger partial charge in [0.05, 0.1) is 4.88 Å². The number of nitrogens with one attached hydrogen (secondary N) is 3. The summed E-state index contributed by atoms with van der Waals surface area (Å²) in [6, 6.07) is 10.7. The smallest absolute Gasteiger partial charge is 0.262 e. The Morgan fingerprint density at radius 2 is 1.97 bits per heavy atom. The third-order valence-electron chi connectivity index (χ3n) is 4.63. The number of H-pyrrole nitrogens is 1. The average Bonchev–Trinajstić information content (AvgIpc) is 3.48. The molecule has 3 aromatic heterocycles. The van der Waals surface area contributed by atoms with Crippen LogP contribution in [0.1, 0.15) is 40.0 Å². The van der Waals surface area contributed by atoms with E-state index in [1.807, 2.05) is 55.8 Å². The molecule has 2 amide bonds. The molecule has 0 spiro atoms. The first-order valence-corrected chi connectivity index (χ1v) is 11.2. The SMILES string of the molecule is CC(C)c1nnc(NC(=O)C(Cc2c[nH]c3ccccc23)NC(=O)c2cccs2)s1. The second kappa shape index (κ2) is 8.76. The first kappa shape index (κ1) is 20.2. The standard InChI is InChI=1S/C21H21N5O2S2/c1-12(2)20-25-26-21(30-20)24-18(27)16(23-19(28)17-8-5-9-29-17)10-13-11-22-15-7-4-3-6-14(13)15/h3-9,11-12,16,22H,10H2,1-2H3,(H,23,28)(H,24,26,27). The van der Waals surface area contributed by atoms with Gasteiger partial charge < -0.3 is 10.3 Å². The molecule has 4 aromatic rings. The fourth-order valence-electron chi connectivity index (χ4n) is 3.08. The highest BCUT2D eigenvalue weighted by Gasteiger charge is 2.25. The predicted molar refractivity (Wildman–Crippen MR) is 120 cm³/mol. The lowest BCUT2D eigenvalue weighted by atomic mass is 10.0. The lowest BCUT2D eigenvalue weighted by molar-refractivity contribution is -0.118. The Hall–Kier alpha value is -3.04. The quantitative estimate of drug-likeness (QED) is 0.402. The maximum atomic E-state index is 13.1. The zero-order valence-electron chi connectivity index (χ0n) is 16.5. The number of carbonyl (C=O) groups excluding carboxylic acids is 2. The van der Waals surface area contributed by atoms with E-state index in [0.717, 1.165) is 21.5 Å². The monoisotopic (exact) mass is 439 g/mol. The van der Waals surface area contributed by atoms with Crippen molar-refractivity contribution >= 4 is 50.5 Å². The number of aromatic amines is 1. The molecule has 3 N–H and O–H groups in total. The zero-order valence-corrected chi connectivity index (χ0v) is 18.1. The van der Waals surface area contributed by atoms with Crippen molar-refractivity contribution in [2.75, 3.05) is 5.32 Å². The Balaban J connectivity index is 1.57. The van der Waals surface area contributed by atoms with E-state index in [-0.39, 0.29) is 17.7 Å². The van der Waals surface area contributed by atoms with Crippen molar-refractivity contribution in [1.82, 2.24) is 20.5 Å². The minimum atomic E-state index is -0.759. The summed E-state index contributed by atoms with van der Waals surface area (Å²) in [5.74, 6) is -0.365. The van der Waals surface area contributed by atoms with Gasteiger partial charge in [-0.3, -0.25) is 14.9 Å². The van der Waals surface area contributed by atoms with E-state index >= 15 is 0 Å². The minimum absolute atomic E-state index is 0.230. The van der Waals surface area contributed by atoms with Crippen LogP contribution in [0.15, 0.2) is 48.0 Å². The number of fused-ring (bicyclic) bond motifs is 1. The molecule has 1 aromatic carbocycles. The van der Waals surface area contributed by atoms with Crippen molar-refractivity contribution in [2.45, 2.75) is 32.2 Å². The first-order valence-electron chi connectivity index (χ1n) is 9.55. The largest absolute Gasteiger partial charge is 0.361 e. The lowest BCUT2D eigenvalue weighted by Gasteiger charge is -2.17. The van der Waals surface area contributed by atoms with Gasteiger partial charge in [-0.2, -0.15) is 0 Å². The number of amides is 2. The molecule has 9 heteroatoms. The summed E-state index contributed by atoms with van der Waals surface area (Å²) >= 11 is 2.68.